The summed E-state index contributed by atoms with van der Waals surface area (Å²) in [7, 11) is 0. The maximum Gasteiger partial charge on any atom is 0.106 e. The molecule has 0 saturated heterocycles. The van der Waals surface area contributed by atoms with Gasteiger partial charge in [-0.25, -0.2) is 4.98 Å². The maximum absolute atomic E-state index is 4.24. The van der Waals surface area contributed by atoms with Crippen molar-refractivity contribution in [3.8, 4) is 0 Å². The van der Waals surface area contributed by atoms with Gasteiger partial charge < -0.3 is 10.3 Å². The molecule has 0 unspecified atom stereocenters. The van der Waals surface area contributed by atoms with Crippen LogP contribution >= 0.6 is 11.3 Å². The fraction of sp³-hybridized carbons (Fsp3) is 0.154. The van der Waals surface area contributed by atoms with E-state index < -0.39 is 0 Å². The SMILES string of the molecule is c1csc(CNCc2ccc3[nH]ccc3c2)n1. The number of aromatic nitrogens is 2. The van der Waals surface area contributed by atoms with Gasteiger partial charge in [0, 0.05) is 36.4 Å². The first-order chi connectivity index (χ1) is 8.42. The van der Waals surface area contributed by atoms with E-state index in [-0.39, 0.29) is 0 Å². The highest BCUT2D eigenvalue weighted by Crippen LogP contribution is 2.14. The van der Waals surface area contributed by atoms with Gasteiger partial charge in [-0.3, -0.25) is 0 Å². The summed E-state index contributed by atoms with van der Waals surface area (Å²) in [6.07, 6.45) is 3.81. The van der Waals surface area contributed by atoms with Crippen LogP contribution in [0.15, 0.2) is 42.0 Å². The maximum atomic E-state index is 4.24. The first kappa shape index (κ1) is 10.5. The number of hydrogen-bond donors (Lipinski definition) is 2. The molecule has 3 rings (SSSR count). The van der Waals surface area contributed by atoms with Crippen LogP contribution in [0.1, 0.15) is 10.6 Å². The van der Waals surface area contributed by atoms with E-state index in [0.717, 1.165) is 18.1 Å². The Bertz CT molecular complexity index is 598. The van der Waals surface area contributed by atoms with Gasteiger partial charge in [0.2, 0.25) is 0 Å². The van der Waals surface area contributed by atoms with E-state index in [2.05, 4.69) is 39.6 Å². The van der Waals surface area contributed by atoms with Gasteiger partial charge in [0.1, 0.15) is 5.01 Å². The molecule has 86 valence electrons. The molecule has 17 heavy (non-hydrogen) atoms. The molecule has 0 atom stereocenters. The zero-order valence-corrected chi connectivity index (χ0v) is 10.1. The first-order valence-corrected chi connectivity index (χ1v) is 6.45. The third kappa shape index (κ3) is 2.38. The number of benzene rings is 1. The molecule has 0 aliphatic rings. The summed E-state index contributed by atoms with van der Waals surface area (Å²) in [4.78, 5) is 7.44. The van der Waals surface area contributed by atoms with Crippen molar-refractivity contribution in [1.82, 2.24) is 15.3 Å². The Morgan fingerprint density at radius 2 is 2.24 bits per heavy atom. The van der Waals surface area contributed by atoms with E-state index in [4.69, 9.17) is 0 Å². The van der Waals surface area contributed by atoms with Crippen LogP contribution in [0.5, 0.6) is 0 Å². The van der Waals surface area contributed by atoms with Crippen LogP contribution in [-0.2, 0) is 13.1 Å². The Morgan fingerprint density at radius 3 is 3.12 bits per heavy atom. The average molecular weight is 243 g/mol. The number of thiazole rings is 1. The Kier molecular flexibility index (Phi) is 2.90. The Labute approximate surface area is 104 Å². The van der Waals surface area contributed by atoms with E-state index in [1.807, 2.05) is 17.8 Å². The Balaban J connectivity index is 1.64. The summed E-state index contributed by atoms with van der Waals surface area (Å²) >= 11 is 1.68. The molecule has 4 heteroatoms. The monoisotopic (exact) mass is 243 g/mol. The highest BCUT2D eigenvalue weighted by Gasteiger charge is 1.98. The van der Waals surface area contributed by atoms with Crippen LogP contribution in [0.4, 0.5) is 0 Å². The van der Waals surface area contributed by atoms with Crippen LogP contribution in [0, 0.1) is 0 Å². The normalized spacial score (nSPS) is 11.1. The van der Waals surface area contributed by atoms with Crippen molar-refractivity contribution < 1.29 is 0 Å². The van der Waals surface area contributed by atoms with Crippen molar-refractivity contribution in [1.29, 1.82) is 0 Å². The van der Waals surface area contributed by atoms with Crippen molar-refractivity contribution in [2.45, 2.75) is 13.1 Å². The molecular weight excluding hydrogens is 230 g/mol. The van der Waals surface area contributed by atoms with Crippen molar-refractivity contribution >= 4 is 22.2 Å². The van der Waals surface area contributed by atoms with Gasteiger partial charge in [0.25, 0.3) is 0 Å². The zero-order chi connectivity index (χ0) is 11.5. The largest absolute Gasteiger partial charge is 0.361 e. The summed E-state index contributed by atoms with van der Waals surface area (Å²) < 4.78 is 0. The predicted octanol–water partition coefficient (Wildman–Crippen LogP) is 2.91. The topological polar surface area (TPSA) is 40.7 Å². The minimum atomic E-state index is 0.836. The Hall–Kier alpha value is -1.65. The second-order valence-electron chi connectivity index (χ2n) is 3.93. The molecule has 0 aliphatic carbocycles. The third-order valence-electron chi connectivity index (χ3n) is 2.71. The van der Waals surface area contributed by atoms with E-state index in [0.29, 0.717) is 0 Å². The van der Waals surface area contributed by atoms with E-state index in [1.165, 1.54) is 16.5 Å². The van der Waals surface area contributed by atoms with Crippen molar-refractivity contribution in [2.24, 2.45) is 0 Å². The van der Waals surface area contributed by atoms with Crippen molar-refractivity contribution in [3.63, 3.8) is 0 Å². The summed E-state index contributed by atoms with van der Waals surface area (Å²) in [5, 5.41) is 7.80. The second-order valence-corrected chi connectivity index (χ2v) is 4.91. The highest BCUT2D eigenvalue weighted by molar-refractivity contribution is 7.09. The minimum absolute atomic E-state index is 0.836. The summed E-state index contributed by atoms with van der Waals surface area (Å²) in [6.45, 7) is 1.71. The molecule has 2 N–H and O–H groups in total. The number of rotatable bonds is 4. The van der Waals surface area contributed by atoms with Gasteiger partial charge in [-0.2, -0.15) is 0 Å². The lowest BCUT2D eigenvalue weighted by Crippen LogP contribution is -2.12. The zero-order valence-electron chi connectivity index (χ0n) is 9.31. The fourth-order valence-electron chi connectivity index (χ4n) is 1.87. The molecule has 2 aromatic heterocycles. The summed E-state index contributed by atoms with van der Waals surface area (Å²) in [5.74, 6) is 0. The Morgan fingerprint density at radius 1 is 1.24 bits per heavy atom. The van der Waals surface area contributed by atoms with Crippen LogP contribution < -0.4 is 5.32 Å². The molecule has 0 aliphatic heterocycles. The third-order valence-corrected chi connectivity index (χ3v) is 3.49. The average Bonchev–Trinajstić information content (AvgIpc) is 2.98. The molecule has 0 fully saturated rings. The van der Waals surface area contributed by atoms with Gasteiger partial charge in [0.05, 0.1) is 0 Å². The summed E-state index contributed by atoms with van der Waals surface area (Å²) in [5.41, 5.74) is 2.49. The standard InChI is InChI=1S/C13H13N3S/c1-2-12-11(3-4-15-12)7-10(1)8-14-9-13-16-5-6-17-13/h1-7,14-15H,8-9H2. The molecule has 0 bridgehead atoms. The predicted molar refractivity (Wildman–Crippen MR) is 71.0 cm³/mol. The van der Waals surface area contributed by atoms with Gasteiger partial charge in [0.15, 0.2) is 0 Å². The highest BCUT2D eigenvalue weighted by atomic mass is 32.1. The lowest BCUT2D eigenvalue weighted by molar-refractivity contribution is 0.690. The molecule has 0 saturated carbocycles. The van der Waals surface area contributed by atoms with Crippen molar-refractivity contribution in [3.05, 3.63) is 52.6 Å². The van der Waals surface area contributed by atoms with Gasteiger partial charge in [-0.05, 0) is 29.1 Å². The molecule has 0 spiro atoms. The van der Waals surface area contributed by atoms with Gasteiger partial charge in [-0.1, -0.05) is 6.07 Å². The smallest absolute Gasteiger partial charge is 0.106 e. The quantitative estimate of drug-likeness (QED) is 0.739. The van der Waals surface area contributed by atoms with Crippen molar-refractivity contribution in [2.75, 3.05) is 0 Å². The second kappa shape index (κ2) is 4.69. The van der Waals surface area contributed by atoms with E-state index >= 15 is 0 Å². The lowest BCUT2D eigenvalue weighted by atomic mass is 10.1. The lowest BCUT2D eigenvalue weighted by Gasteiger charge is -2.03. The van der Waals surface area contributed by atoms with Crippen LogP contribution in [0.25, 0.3) is 10.9 Å². The number of nitrogens with one attached hydrogen (secondary N) is 2. The minimum Gasteiger partial charge on any atom is -0.361 e. The number of nitrogens with zero attached hydrogens (tertiary/aromatic N) is 1. The number of hydrogen-bond acceptors (Lipinski definition) is 3. The molecule has 1 aromatic carbocycles. The van der Waals surface area contributed by atoms with Gasteiger partial charge in [-0.15, -0.1) is 11.3 Å². The number of aromatic amines is 1. The molecule has 3 nitrogen and oxygen atoms in total. The molecule has 3 aromatic rings. The van der Waals surface area contributed by atoms with Crippen LogP contribution in [-0.4, -0.2) is 9.97 Å². The van der Waals surface area contributed by atoms with Crippen LogP contribution in [0.3, 0.4) is 0 Å². The molecule has 0 amide bonds. The molecule has 0 radical (unpaired) electrons. The number of fused-ring (bicyclic) bond motifs is 1. The van der Waals surface area contributed by atoms with E-state index in [1.54, 1.807) is 11.3 Å². The molecule has 2 heterocycles. The van der Waals surface area contributed by atoms with Gasteiger partial charge >= 0.3 is 0 Å². The fourth-order valence-corrected chi connectivity index (χ4v) is 2.45. The summed E-state index contributed by atoms with van der Waals surface area (Å²) in [6, 6.07) is 8.57. The van der Waals surface area contributed by atoms with E-state index in [9.17, 15) is 0 Å². The first-order valence-electron chi connectivity index (χ1n) is 5.57. The van der Waals surface area contributed by atoms with Crippen LogP contribution in [0.2, 0.25) is 0 Å². The molecular formula is C13H13N3S. The number of H-pyrrole nitrogens is 1.